The van der Waals surface area contributed by atoms with E-state index in [1.54, 1.807) is 6.20 Å². The topological polar surface area (TPSA) is 45.5 Å². The molecule has 0 spiro atoms. The molecule has 5 nitrogen and oxygen atoms in total. The van der Waals surface area contributed by atoms with Crippen LogP contribution in [0.3, 0.4) is 0 Å². The number of imidazole rings is 1. The molecule has 0 aliphatic carbocycles. The number of hydrogen-bond acceptors (Lipinski definition) is 4. The molecule has 1 N–H and O–H groups in total. The van der Waals surface area contributed by atoms with Crippen LogP contribution in [0.4, 0.5) is 11.6 Å². The third kappa shape index (κ3) is 2.81. The molecule has 1 aromatic carbocycles. The number of fused-ring (bicyclic) bond motifs is 1. The highest BCUT2D eigenvalue weighted by molar-refractivity contribution is 5.66. The van der Waals surface area contributed by atoms with E-state index in [2.05, 4.69) is 51.5 Å². The van der Waals surface area contributed by atoms with Crippen LogP contribution >= 0.6 is 0 Å². The van der Waals surface area contributed by atoms with Crippen molar-refractivity contribution in [1.29, 1.82) is 0 Å². The van der Waals surface area contributed by atoms with Crippen molar-refractivity contribution in [3.63, 3.8) is 0 Å². The van der Waals surface area contributed by atoms with E-state index in [9.17, 15) is 0 Å². The van der Waals surface area contributed by atoms with E-state index in [-0.39, 0.29) is 0 Å². The smallest absolute Gasteiger partial charge is 0.180 e. The van der Waals surface area contributed by atoms with E-state index in [4.69, 9.17) is 0 Å². The number of nitrogens with one attached hydrogen (secondary N) is 1. The van der Waals surface area contributed by atoms with Gasteiger partial charge in [-0.15, -0.1) is 0 Å². The lowest BCUT2D eigenvalue weighted by Gasteiger charge is -2.19. The van der Waals surface area contributed by atoms with E-state index >= 15 is 0 Å². The fourth-order valence-electron chi connectivity index (χ4n) is 2.34. The summed E-state index contributed by atoms with van der Waals surface area (Å²) in [5.74, 6) is 1.73. The molecular weight excluding hydrogens is 262 g/mol. The average Bonchev–Trinajstić information content (AvgIpc) is 3.01. The molecule has 0 atom stereocenters. The normalized spacial score (nSPS) is 10.8. The molecule has 0 aliphatic heterocycles. The van der Waals surface area contributed by atoms with Crippen molar-refractivity contribution in [3.05, 3.63) is 54.5 Å². The minimum Gasteiger partial charge on any atom is -0.372 e. The summed E-state index contributed by atoms with van der Waals surface area (Å²) in [7, 11) is 3.93. The van der Waals surface area contributed by atoms with Crippen LogP contribution in [0.5, 0.6) is 0 Å². The Hall–Kier alpha value is -2.56. The predicted molar refractivity (Wildman–Crippen MR) is 85.9 cm³/mol. The van der Waals surface area contributed by atoms with Crippen molar-refractivity contribution in [2.24, 2.45) is 0 Å². The molecule has 0 unspecified atom stereocenters. The summed E-state index contributed by atoms with van der Waals surface area (Å²) in [6.45, 7) is 0.896. The monoisotopic (exact) mass is 281 g/mol. The number of nitrogens with zero attached hydrogens (tertiary/aromatic N) is 4. The van der Waals surface area contributed by atoms with Gasteiger partial charge in [-0.25, -0.2) is 9.97 Å². The molecule has 3 aromatic rings. The molecule has 0 fully saturated rings. The second-order valence-corrected chi connectivity index (χ2v) is 5.02. The highest BCUT2D eigenvalue weighted by Crippen LogP contribution is 2.19. The summed E-state index contributed by atoms with van der Waals surface area (Å²) in [6, 6.07) is 10.5. The minimum absolute atomic E-state index is 0.835. The van der Waals surface area contributed by atoms with E-state index in [1.165, 1.54) is 5.56 Å². The molecular formula is C16H19N5. The van der Waals surface area contributed by atoms with Crippen molar-refractivity contribution in [3.8, 4) is 0 Å². The highest BCUT2D eigenvalue weighted by atomic mass is 15.2. The van der Waals surface area contributed by atoms with E-state index in [0.717, 1.165) is 30.2 Å². The van der Waals surface area contributed by atoms with Crippen LogP contribution in [0.15, 0.2) is 48.9 Å². The molecule has 5 heteroatoms. The van der Waals surface area contributed by atoms with Gasteiger partial charge in [0, 0.05) is 33.0 Å². The quantitative estimate of drug-likeness (QED) is 0.780. The molecule has 0 aliphatic rings. The predicted octanol–water partition coefficient (Wildman–Crippen LogP) is 2.45. The van der Waals surface area contributed by atoms with Crippen LogP contribution in [0, 0.1) is 0 Å². The summed E-state index contributed by atoms with van der Waals surface area (Å²) in [4.78, 5) is 11.2. The third-order valence-electron chi connectivity index (χ3n) is 3.55. The van der Waals surface area contributed by atoms with Gasteiger partial charge in [0.15, 0.2) is 11.5 Å². The van der Waals surface area contributed by atoms with E-state index in [1.807, 2.05) is 29.9 Å². The number of benzene rings is 1. The minimum atomic E-state index is 0.835. The zero-order valence-electron chi connectivity index (χ0n) is 12.3. The lowest BCUT2D eigenvalue weighted by atomic mass is 10.1. The number of hydrogen-bond donors (Lipinski definition) is 1. The summed E-state index contributed by atoms with van der Waals surface area (Å²) in [5, 5.41) is 3.09. The van der Waals surface area contributed by atoms with Crippen molar-refractivity contribution in [1.82, 2.24) is 14.4 Å². The first-order valence-electron chi connectivity index (χ1n) is 7.04. The fraction of sp³-hybridized carbons (Fsp3) is 0.250. The van der Waals surface area contributed by atoms with Crippen molar-refractivity contribution in [2.45, 2.75) is 6.42 Å². The molecule has 2 heterocycles. The lowest BCUT2D eigenvalue weighted by Crippen LogP contribution is -2.22. The first kappa shape index (κ1) is 13.4. The Bertz CT molecular complexity index is 720. The molecule has 0 radical (unpaired) electrons. The fourth-order valence-corrected chi connectivity index (χ4v) is 2.34. The maximum absolute atomic E-state index is 4.64. The SMILES string of the molecule is CNc1cn2ccnc2c(N(C)CCc2ccccc2)n1. The first-order chi connectivity index (χ1) is 10.3. The lowest BCUT2D eigenvalue weighted by molar-refractivity contribution is 0.857. The molecule has 0 amide bonds. The number of likely N-dealkylation sites (N-methyl/N-ethyl adjacent to an activating group) is 1. The van der Waals surface area contributed by atoms with Gasteiger partial charge in [-0.1, -0.05) is 30.3 Å². The molecule has 0 saturated carbocycles. The molecule has 0 bridgehead atoms. The summed E-state index contributed by atoms with van der Waals surface area (Å²) in [5.41, 5.74) is 2.21. The maximum atomic E-state index is 4.64. The Kier molecular flexibility index (Phi) is 3.73. The molecule has 0 saturated heterocycles. The Labute approximate surface area is 124 Å². The Balaban J connectivity index is 1.83. The van der Waals surface area contributed by atoms with Crippen LogP contribution in [0.1, 0.15) is 5.56 Å². The standard InChI is InChI=1S/C16H19N5/c1-17-14-12-21-11-9-18-15(21)16(19-14)20(2)10-8-13-6-4-3-5-7-13/h3-7,9,11-12,17H,8,10H2,1-2H3. The van der Waals surface area contributed by atoms with E-state index < -0.39 is 0 Å². The zero-order chi connectivity index (χ0) is 14.7. The second-order valence-electron chi connectivity index (χ2n) is 5.02. The van der Waals surface area contributed by atoms with Gasteiger partial charge >= 0.3 is 0 Å². The van der Waals surface area contributed by atoms with Crippen LogP contribution in [-0.4, -0.2) is 35.0 Å². The highest BCUT2D eigenvalue weighted by Gasteiger charge is 2.11. The van der Waals surface area contributed by atoms with Gasteiger partial charge in [-0.05, 0) is 12.0 Å². The Morgan fingerprint density at radius 1 is 1.24 bits per heavy atom. The van der Waals surface area contributed by atoms with Gasteiger partial charge < -0.3 is 14.6 Å². The maximum Gasteiger partial charge on any atom is 0.180 e. The van der Waals surface area contributed by atoms with Gasteiger partial charge in [-0.2, -0.15) is 0 Å². The molecule has 2 aromatic heterocycles. The second kappa shape index (κ2) is 5.83. The van der Waals surface area contributed by atoms with E-state index in [0.29, 0.717) is 0 Å². The van der Waals surface area contributed by atoms with Gasteiger partial charge in [0.2, 0.25) is 0 Å². The zero-order valence-corrected chi connectivity index (χ0v) is 12.3. The van der Waals surface area contributed by atoms with Crippen LogP contribution in [0.25, 0.3) is 5.65 Å². The van der Waals surface area contributed by atoms with Gasteiger partial charge in [0.1, 0.15) is 5.82 Å². The summed E-state index contributed by atoms with van der Waals surface area (Å²) >= 11 is 0. The van der Waals surface area contributed by atoms with Gasteiger partial charge in [-0.3, -0.25) is 0 Å². The van der Waals surface area contributed by atoms with Crippen molar-refractivity contribution < 1.29 is 0 Å². The summed E-state index contributed by atoms with van der Waals surface area (Å²) in [6.07, 6.45) is 6.66. The first-order valence-corrected chi connectivity index (χ1v) is 7.04. The molecule has 3 rings (SSSR count). The van der Waals surface area contributed by atoms with Crippen LogP contribution < -0.4 is 10.2 Å². The number of anilines is 2. The largest absolute Gasteiger partial charge is 0.372 e. The number of aromatic nitrogens is 3. The van der Waals surface area contributed by atoms with Gasteiger partial charge in [0.25, 0.3) is 0 Å². The molecule has 21 heavy (non-hydrogen) atoms. The van der Waals surface area contributed by atoms with Gasteiger partial charge in [0.05, 0.1) is 6.20 Å². The van der Waals surface area contributed by atoms with Crippen molar-refractivity contribution >= 4 is 17.3 Å². The van der Waals surface area contributed by atoms with Crippen LogP contribution in [0.2, 0.25) is 0 Å². The Morgan fingerprint density at radius 3 is 2.81 bits per heavy atom. The van der Waals surface area contributed by atoms with Crippen LogP contribution in [-0.2, 0) is 6.42 Å². The average molecular weight is 281 g/mol. The summed E-state index contributed by atoms with van der Waals surface area (Å²) < 4.78 is 1.99. The molecule has 108 valence electrons. The number of rotatable bonds is 5. The third-order valence-corrected chi connectivity index (χ3v) is 3.55. The Morgan fingerprint density at radius 2 is 2.05 bits per heavy atom. The van der Waals surface area contributed by atoms with Crippen molar-refractivity contribution in [2.75, 3.05) is 30.9 Å².